The zero-order chi connectivity index (χ0) is 14.7. The standard InChI is InChI=1S/C5H11O.3C4H9.Sn/c1-4(2)5(3)6;3*1-3-4-2;/h4-6H,1H2,2-3H3;3*1,3-4H2,2H3;/t4-,5+;;;;/m0..../s1. The van der Waals surface area contributed by atoms with E-state index in [1.807, 2.05) is 6.92 Å². The molecule has 0 unspecified atom stereocenters. The number of aliphatic hydroxyl groups is 1. The molecule has 0 heterocycles. The van der Waals surface area contributed by atoms with Crippen molar-refractivity contribution in [1.82, 2.24) is 0 Å². The van der Waals surface area contributed by atoms with E-state index in [1.165, 1.54) is 43.0 Å². The van der Waals surface area contributed by atoms with Gasteiger partial charge in [0.1, 0.15) is 0 Å². The van der Waals surface area contributed by atoms with Crippen LogP contribution in [0.25, 0.3) is 0 Å². The van der Waals surface area contributed by atoms with Gasteiger partial charge in [-0.2, -0.15) is 0 Å². The van der Waals surface area contributed by atoms with Gasteiger partial charge in [0.05, 0.1) is 0 Å². The van der Waals surface area contributed by atoms with Crippen molar-refractivity contribution in [1.29, 1.82) is 0 Å². The first-order valence-corrected chi connectivity index (χ1v) is 16.8. The average molecular weight is 377 g/mol. The first kappa shape index (κ1) is 19.8. The van der Waals surface area contributed by atoms with E-state index in [4.69, 9.17) is 0 Å². The van der Waals surface area contributed by atoms with Gasteiger partial charge >= 0.3 is 126 Å². The van der Waals surface area contributed by atoms with Crippen LogP contribution in [0, 0.1) is 5.92 Å². The summed E-state index contributed by atoms with van der Waals surface area (Å²) in [6.07, 6.45) is 8.25. The predicted molar refractivity (Wildman–Crippen MR) is 90.6 cm³/mol. The van der Waals surface area contributed by atoms with E-state index >= 15 is 0 Å². The second-order valence-corrected chi connectivity index (χ2v) is 20.7. The normalized spacial score (nSPS) is 15.5. The van der Waals surface area contributed by atoms with E-state index < -0.39 is 18.4 Å². The van der Waals surface area contributed by atoms with E-state index in [-0.39, 0.29) is 6.10 Å². The second-order valence-electron chi connectivity index (χ2n) is 6.73. The van der Waals surface area contributed by atoms with Gasteiger partial charge in [0.25, 0.3) is 0 Å². The van der Waals surface area contributed by atoms with Crippen molar-refractivity contribution in [3.05, 3.63) is 0 Å². The van der Waals surface area contributed by atoms with Gasteiger partial charge < -0.3 is 0 Å². The average Bonchev–Trinajstić information content (AvgIpc) is 2.40. The molecule has 2 atom stereocenters. The molecule has 1 N–H and O–H groups in total. The Bertz CT molecular complexity index is 182. The van der Waals surface area contributed by atoms with Crippen molar-refractivity contribution in [3.8, 4) is 0 Å². The van der Waals surface area contributed by atoms with Crippen LogP contribution in [0.2, 0.25) is 17.7 Å². The minimum absolute atomic E-state index is 0.110. The number of unbranched alkanes of at least 4 members (excludes halogenated alkanes) is 3. The van der Waals surface area contributed by atoms with E-state index in [9.17, 15) is 5.11 Å². The summed E-state index contributed by atoms with van der Waals surface area (Å²) in [5.41, 5.74) is 0. The third kappa shape index (κ3) is 8.59. The molecule has 1 nitrogen and oxygen atoms in total. The van der Waals surface area contributed by atoms with Crippen LogP contribution in [0.15, 0.2) is 0 Å². The Balaban J connectivity index is 4.75. The predicted octanol–water partition coefficient (Wildman–Crippen LogP) is 5.85. The first-order chi connectivity index (χ1) is 9.01. The molecule has 0 aromatic carbocycles. The van der Waals surface area contributed by atoms with Crippen molar-refractivity contribution in [2.75, 3.05) is 0 Å². The molecule has 0 aliphatic carbocycles. The van der Waals surface area contributed by atoms with Crippen molar-refractivity contribution >= 4 is 18.4 Å². The minimum atomic E-state index is -1.99. The quantitative estimate of drug-likeness (QED) is 0.423. The van der Waals surface area contributed by atoms with Gasteiger partial charge in [-0.3, -0.25) is 0 Å². The van der Waals surface area contributed by atoms with Crippen LogP contribution in [0.5, 0.6) is 0 Å². The Kier molecular flexibility index (Phi) is 11.9. The van der Waals surface area contributed by atoms with Gasteiger partial charge in [-0.15, -0.1) is 0 Å². The Morgan fingerprint density at radius 1 is 0.789 bits per heavy atom. The molecule has 0 aliphatic rings. The Hall–Kier alpha value is 0.759. The molecule has 0 fully saturated rings. The van der Waals surface area contributed by atoms with E-state index in [1.54, 1.807) is 13.3 Å². The molecule has 0 spiro atoms. The fourth-order valence-corrected chi connectivity index (χ4v) is 21.4. The Morgan fingerprint density at radius 3 is 1.42 bits per heavy atom. The monoisotopic (exact) mass is 378 g/mol. The molecule has 19 heavy (non-hydrogen) atoms. The molecule has 0 aromatic heterocycles. The summed E-state index contributed by atoms with van der Waals surface area (Å²) in [4.78, 5) is 0. The molecule has 0 radical (unpaired) electrons. The van der Waals surface area contributed by atoms with E-state index in [0.717, 1.165) is 0 Å². The molecule has 0 aromatic rings. The maximum absolute atomic E-state index is 9.89. The van der Waals surface area contributed by atoms with E-state index in [2.05, 4.69) is 27.7 Å². The van der Waals surface area contributed by atoms with Crippen molar-refractivity contribution in [3.63, 3.8) is 0 Å². The van der Waals surface area contributed by atoms with Crippen LogP contribution < -0.4 is 0 Å². The number of hydrogen-bond acceptors (Lipinski definition) is 1. The third-order valence-corrected chi connectivity index (χ3v) is 21.2. The zero-order valence-electron chi connectivity index (χ0n) is 14.2. The summed E-state index contributed by atoms with van der Waals surface area (Å²) in [6.45, 7) is 11.2. The van der Waals surface area contributed by atoms with Gasteiger partial charge in [-0.05, 0) is 0 Å². The number of rotatable bonds is 12. The van der Waals surface area contributed by atoms with Gasteiger partial charge in [0, 0.05) is 0 Å². The van der Waals surface area contributed by atoms with Gasteiger partial charge in [0.15, 0.2) is 0 Å². The third-order valence-electron chi connectivity index (χ3n) is 4.76. The first-order valence-electron chi connectivity index (χ1n) is 8.69. The Labute approximate surface area is 126 Å². The summed E-state index contributed by atoms with van der Waals surface area (Å²) >= 11 is -1.99. The van der Waals surface area contributed by atoms with Gasteiger partial charge in [0.2, 0.25) is 0 Å². The molecular formula is C17H38OSn. The summed E-state index contributed by atoms with van der Waals surface area (Å²) in [5, 5.41) is 9.89. The summed E-state index contributed by atoms with van der Waals surface area (Å²) < 4.78 is 6.14. The zero-order valence-corrected chi connectivity index (χ0v) is 17.0. The molecule has 0 aliphatic heterocycles. The SMILES string of the molecule is CCC[CH2][Sn]([CH2]CCC)([CH2]CCC)[CH2][C@@H](C)[C@@H](C)O. The molecule has 0 amide bonds. The maximum atomic E-state index is 9.89. The van der Waals surface area contributed by atoms with Crippen LogP contribution in [0.4, 0.5) is 0 Å². The molecule has 0 bridgehead atoms. The molecule has 0 saturated heterocycles. The molecule has 116 valence electrons. The van der Waals surface area contributed by atoms with Crippen molar-refractivity contribution in [2.24, 2.45) is 5.92 Å². The van der Waals surface area contributed by atoms with Crippen LogP contribution in [0.1, 0.15) is 73.1 Å². The Morgan fingerprint density at radius 2 is 1.16 bits per heavy atom. The molecule has 0 rings (SSSR count). The summed E-state index contributed by atoms with van der Waals surface area (Å²) in [6, 6.07) is 0. The topological polar surface area (TPSA) is 20.2 Å². The summed E-state index contributed by atoms with van der Waals surface area (Å²) in [5.74, 6) is 0.529. The second kappa shape index (κ2) is 11.4. The molecule has 2 heteroatoms. The molecule has 0 saturated carbocycles. The van der Waals surface area contributed by atoms with Crippen LogP contribution in [-0.4, -0.2) is 29.6 Å². The number of aliphatic hydroxyl groups excluding tert-OH is 1. The fraction of sp³-hybridized carbons (Fsp3) is 1.00. The van der Waals surface area contributed by atoms with Crippen LogP contribution in [0.3, 0.4) is 0 Å². The van der Waals surface area contributed by atoms with Crippen LogP contribution in [-0.2, 0) is 0 Å². The fourth-order valence-electron chi connectivity index (χ4n) is 3.19. The van der Waals surface area contributed by atoms with Gasteiger partial charge in [-0.1, -0.05) is 0 Å². The van der Waals surface area contributed by atoms with Crippen LogP contribution >= 0.6 is 0 Å². The number of hydrogen-bond donors (Lipinski definition) is 1. The summed E-state index contributed by atoms with van der Waals surface area (Å²) in [7, 11) is 0. The van der Waals surface area contributed by atoms with Gasteiger partial charge in [-0.25, -0.2) is 0 Å². The molecular weight excluding hydrogens is 339 g/mol. The van der Waals surface area contributed by atoms with E-state index in [0.29, 0.717) is 5.92 Å². The van der Waals surface area contributed by atoms with Crippen molar-refractivity contribution < 1.29 is 5.11 Å². The van der Waals surface area contributed by atoms with Crippen molar-refractivity contribution in [2.45, 2.75) is 97.0 Å².